The molecule has 0 radical (unpaired) electrons. The lowest BCUT2D eigenvalue weighted by atomic mass is 9.96. The third-order valence-electron chi connectivity index (χ3n) is 3.01. The van der Waals surface area contributed by atoms with Gasteiger partial charge in [0.15, 0.2) is 0 Å². The molecular weight excluding hydrogens is 272 g/mol. The van der Waals surface area contributed by atoms with Crippen LogP contribution in [0.25, 0.3) is 0 Å². The first-order chi connectivity index (χ1) is 9.99. The van der Waals surface area contributed by atoms with Crippen LogP contribution in [0.3, 0.4) is 0 Å². The Hall–Kier alpha value is -2.08. The molecular formula is C15H22N2O4. The number of benzene rings is 1. The fourth-order valence-corrected chi connectivity index (χ4v) is 1.96. The van der Waals surface area contributed by atoms with E-state index in [9.17, 15) is 9.59 Å². The minimum Gasteiger partial charge on any atom is -0.493 e. The summed E-state index contributed by atoms with van der Waals surface area (Å²) < 4.78 is 10.7. The zero-order chi connectivity index (χ0) is 15.8. The molecule has 0 aromatic heterocycles. The van der Waals surface area contributed by atoms with Crippen molar-refractivity contribution >= 4 is 11.8 Å². The average Bonchev–Trinajstić information content (AvgIpc) is 2.43. The molecule has 0 aliphatic heterocycles. The van der Waals surface area contributed by atoms with Crippen molar-refractivity contribution in [2.24, 2.45) is 17.4 Å². The predicted molar refractivity (Wildman–Crippen MR) is 78.5 cm³/mol. The van der Waals surface area contributed by atoms with Gasteiger partial charge in [-0.1, -0.05) is 13.0 Å². The molecule has 0 aliphatic rings. The maximum atomic E-state index is 11.3. The fraction of sp³-hybridized carbons (Fsp3) is 0.467. The summed E-state index contributed by atoms with van der Waals surface area (Å²) in [5.41, 5.74) is 12.1. The van der Waals surface area contributed by atoms with Crippen molar-refractivity contribution in [1.82, 2.24) is 0 Å². The second kappa shape index (κ2) is 8.26. The molecule has 0 saturated carbocycles. The van der Waals surface area contributed by atoms with Crippen LogP contribution in [0.15, 0.2) is 18.2 Å². The van der Waals surface area contributed by atoms with Gasteiger partial charge in [-0.2, -0.15) is 0 Å². The number of amides is 2. The molecule has 1 rings (SSSR count). The molecule has 1 aromatic rings. The maximum absolute atomic E-state index is 11.3. The highest BCUT2D eigenvalue weighted by molar-refractivity contribution is 5.99. The largest absolute Gasteiger partial charge is 0.493 e. The molecule has 116 valence electrons. The van der Waals surface area contributed by atoms with Crippen molar-refractivity contribution in [1.29, 1.82) is 0 Å². The highest BCUT2D eigenvalue weighted by Crippen LogP contribution is 2.24. The van der Waals surface area contributed by atoms with Gasteiger partial charge in [-0.3, -0.25) is 9.59 Å². The molecule has 4 N–H and O–H groups in total. The van der Waals surface area contributed by atoms with E-state index in [0.29, 0.717) is 19.0 Å². The van der Waals surface area contributed by atoms with E-state index in [1.807, 2.05) is 19.1 Å². The number of hydrogen-bond donors (Lipinski definition) is 2. The second-order valence-electron chi connectivity index (χ2n) is 4.78. The van der Waals surface area contributed by atoms with Crippen molar-refractivity contribution in [3.8, 4) is 5.75 Å². The van der Waals surface area contributed by atoms with Crippen LogP contribution in [0.5, 0.6) is 5.75 Å². The monoisotopic (exact) mass is 294 g/mol. The molecule has 0 aliphatic carbocycles. The zero-order valence-electron chi connectivity index (χ0n) is 12.4. The molecule has 0 spiro atoms. The first-order valence-electron chi connectivity index (χ1n) is 6.81. The Labute approximate surface area is 124 Å². The van der Waals surface area contributed by atoms with E-state index in [-0.39, 0.29) is 6.42 Å². The number of carbonyl (C=O) groups excluding carboxylic acids is 2. The maximum Gasteiger partial charge on any atom is 0.230 e. The Bertz CT molecular complexity index is 488. The van der Waals surface area contributed by atoms with Gasteiger partial charge < -0.3 is 20.9 Å². The summed E-state index contributed by atoms with van der Waals surface area (Å²) in [7, 11) is 1.59. The quantitative estimate of drug-likeness (QED) is 0.656. The second-order valence-corrected chi connectivity index (χ2v) is 4.78. The standard InChI is InChI=1S/C15H22N2O4/c1-3-6-21-13-5-4-10(9-20-2)7-11(13)8-12(14(16)18)15(17)19/h4-5,7,12H,3,6,8-9H2,1-2H3,(H2,16,18)(H2,17,19). The Morgan fingerprint density at radius 1 is 1.24 bits per heavy atom. The highest BCUT2D eigenvalue weighted by Gasteiger charge is 2.24. The Morgan fingerprint density at radius 2 is 1.90 bits per heavy atom. The van der Waals surface area contributed by atoms with Gasteiger partial charge in [0, 0.05) is 7.11 Å². The Balaban J connectivity index is 3.05. The van der Waals surface area contributed by atoms with Crippen molar-refractivity contribution in [2.45, 2.75) is 26.4 Å². The van der Waals surface area contributed by atoms with Gasteiger partial charge in [-0.15, -0.1) is 0 Å². The van der Waals surface area contributed by atoms with Gasteiger partial charge in [0.25, 0.3) is 0 Å². The number of primary amides is 2. The first-order valence-corrected chi connectivity index (χ1v) is 6.81. The van der Waals surface area contributed by atoms with Crippen molar-refractivity contribution < 1.29 is 19.1 Å². The van der Waals surface area contributed by atoms with Crippen molar-refractivity contribution in [2.75, 3.05) is 13.7 Å². The summed E-state index contributed by atoms with van der Waals surface area (Å²) >= 11 is 0. The van der Waals surface area contributed by atoms with Gasteiger partial charge in [0.05, 0.1) is 13.2 Å². The van der Waals surface area contributed by atoms with E-state index in [4.69, 9.17) is 20.9 Å². The summed E-state index contributed by atoms with van der Waals surface area (Å²) in [6.45, 7) is 2.97. The molecule has 6 heteroatoms. The van der Waals surface area contributed by atoms with Gasteiger partial charge in [-0.25, -0.2) is 0 Å². The van der Waals surface area contributed by atoms with Gasteiger partial charge in [-0.05, 0) is 36.1 Å². The van der Waals surface area contributed by atoms with Crippen LogP contribution in [-0.4, -0.2) is 25.5 Å². The number of rotatable bonds is 9. The predicted octanol–water partition coefficient (Wildman–Crippen LogP) is 0.751. The van der Waals surface area contributed by atoms with Crippen LogP contribution in [0, 0.1) is 5.92 Å². The molecule has 0 heterocycles. The van der Waals surface area contributed by atoms with E-state index in [1.54, 1.807) is 13.2 Å². The molecule has 2 amide bonds. The minimum atomic E-state index is -1.05. The number of carbonyl (C=O) groups is 2. The van der Waals surface area contributed by atoms with E-state index >= 15 is 0 Å². The lowest BCUT2D eigenvalue weighted by Gasteiger charge is -2.15. The third-order valence-corrected chi connectivity index (χ3v) is 3.01. The third kappa shape index (κ3) is 5.07. The SMILES string of the molecule is CCCOc1ccc(COC)cc1CC(C(N)=O)C(N)=O. The van der Waals surface area contributed by atoms with Crippen LogP contribution in [0.2, 0.25) is 0 Å². The Morgan fingerprint density at radius 3 is 2.43 bits per heavy atom. The van der Waals surface area contributed by atoms with Crippen molar-refractivity contribution in [3.05, 3.63) is 29.3 Å². The molecule has 0 fully saturated rings. The van der Waals surface area contributed by atoms with E-state index in [2.05, 4.69) is 0 Å². The lowest BCUT2D eigenvalue weighted by Crippen LogP contribution is -2.36. The molecule has 0 unspecified atom stereocenters. The summed E-state index contributed by atoms with van der Waals surface area (Å²) in [5.74, 6) is -1.89. The molecule has 1 aromatic carbocycles. The zero-order valence-corrected chi connectivity index (χ0v) is 12.4. The molecule has 6 nitrogen and oxygen atoms in total. The normalized spacial score (nSPS) is 10.6. The smallest absolute Gasteiger partial charge is 0.230 e. The number of nitrogens with two attached hydrogens (primary N) is 2. The number of ether oxygens (including phenoxy) is 2. The minimum absolute atomic E-state index is 0.126. The van der Waals surface area contributed by atoms with Crippen molar-refractivity contribution in [3.63, 3.8) is 0 Å². The molecule has 21 heavy (non-hydrogen) atoms. The van der Waals surface area contributed by atoms with Gasteiger partial charge >= 0.3 is 0 Å². The highest BCUT2D eigenvalue weighted by atomic mass is 16.5. The summed E-state index contributed by atoms with van der Waals surface area (Å²) in [5, 5.41) is 0. The van der Waals surface area contributed by atoms with E-state index in [1.165, 1.54) is 0 Å². The fourth-order valence-electron chi connectivity index (χ4n) is 1.96. The topological polar surface area (TPSA) is 105 Å². The number of methoxy groups -OCH3 is 1. The van der Waals surface area contributed by atoms with Crippen LogP contribution < -0.4 is 16.2 Å². The molecule has 0 bridgehead atoms. The average molecular weight is 294 g/mol. The lowest BCUT2D eigenvalue weighted by molar-refractivity contribution is -0.131. The van der Waals surface area contributed by atoms with Crippen LogP contribution in [0.4, 0.5) is 0 Å². The van der Waals surface area contributed by atoms with Gasteiger partial charge in [0.1, 0.15) is 11.7 Å². The Kier molecular flexibility index (Phi) is 6.68. The van der Waals surface area contributed by atoms with Crippen LogP contribution in [0.1, 0.15) is 24.5 Å². The van der Waals surface area contributed by atoms with E-state index in [0.717, 1.165) is 17.5 Å². The summed E-state index contributed by atoms with van der Waals surface area (Å²) in [6, 6.07) is 5.52. The van der Waals surface area contributed by atoms with Crippen LogP contribution in [-0.2, 0) is 27.4 Å². The summed E-state index contributed by atoms with van der Waals surface area (Å²) in [4.78, 5) is 22.7. The summed E-state index contributed by atoms with van der Waals surface area (Å²) in [6.07, 6.45) is 0.982. The number of hydrogen-bond acceptors (Lipinski definition) is 4. The first kappa shape index (κ1) is 17.0. The molecule has 0 atom stereocenters. The molecule has 0 saturated heterocycles. The van der Waals surface area contributed by atoms with Gasteiger partial charge in [0.2, 0.25) is 11.8 Å². The van der Waals surface area contributed by atoms with Crippen LogP contribution >= 0.6 is 0 Å². The van der Waals surface area contributed by atoms with E-state index < -0.39 is 17.7 Å².